The molecule has 126 valence electrons. The maximum Gasteiger partial charge on any atom is 0.187 e. The van der Waals surface area contributed by atoms with Gasteiger partial charge in [0.2, 0.25) is 0 Å². The highest BCUT2D eigenvalue weighted by Gasteiger charge is 2.14. The van der Waals surface area contributed by atoms with Crippen LogP contribution >= 0.6 is 11.3 Å². The largest absolute Gasteiger partial charge is 0.497 e. The topological polar surface area (TPSA) is 64.3 Å². The lowest BCUT2D eigenvalue weighted by molar-refractivity contribution is 0.415. The highest BCUT2D eigenvalue weighted by molar-refractivity contribution is 7.14. The normalized spacial score (nSPS) is 11.0. The van der Waals surface area contributed by atoms with E-state index in [9.17, 15) is 0 Å². The number of ether oxygens (including phenoxy) is 1. The molecule has 0 saturated heterocycles. The quantitative estimate of drug-likeness (QED) is 0.596. The fourth-order valence-corrected chi connectivity index (χ4v) is 3.42. The number of benzene rings is 1. The summed E-state index contributed by atoms with van der Waals surface area (Å²) in [7, 11) is 1.66. The SMILES string of the molecule is COc1ccc(Nc2nc(-c3c(C)nc4cc(C)ncn34)cs2)cc1. The maximum atomic E-state index is 5.18. The summed E-state index contributed by atoms with van der Waals surface area (Å²) >= 11 is 1.56. The second-order valence-electron chi connectivity index (χ2n) is 5.70. The Balaban J connectivity index is 1.66. The molecular formula is C18H17N5OS. The molecule has 0 atom stereocenters. The molecule has 25 heavy (non-hydrogen) atoms. The summed E-state index contributed by atoms with van der Waals surface area (Å²) in [6.45, 7) is 3.96. The van der Waals surface area contributed by atoms with Crippen LogP contribution in [-0.4, -0.2) is 26.5 Å². The van der Waals surface area contributed by atoms with Crippen LogP contribution in [0.3, 0.4) is 0 Å². The van der Waals surface area contributed by atoms with Crippen LogP contribution in [-0.2, 0) is 0 Å². The Morgan fingerprint density at radius 1 is 1.12 bits per heavy atom. The minimum Gasteiger partial charge on any atom is -0.497 e. The number of aromatic nitrogens is 4. The summed E-state index contributed by atoms with van der Waals surface area (Å²) in [5.41, 5.74) is 5.60. The van der Waals surface area contributed by atoms with Gasteiger partial charge in [0.05, 0.1) is 18.5 Å². The zero-order valence-electron chi connectivity index (χ0n) is 14.1. The van der Waals surface area contributed by atoms with Gasteiger partial charge >= 0.3 is 0 Å². The summed E-state index contributed by atoms with van der Waals surface area (Å²) in [6.07, 6.45) is 1.80. The molecule has 0 fully saturated rings. The molecule has 4 rings (SSSR count). The predicted octanol–water partition coefficient (Wildman–Crippen LogP) is 4.22. The molecule has 0 unspecified atom stereocenters. The van der Waals surface area contributed by atoms with Crippen molar-refractivity contribution in [2.75, 3.05) is 12.4 Å². The monoisotopic (exact) mass is 351 g/mol. The van der Waals surface area contributed by atoms with Crippen molar-refractivity contribution in [1.29, 1.82) is 0 Å². The van der Waals surface area contributed by atoms with Gasteiger partial charge in [0.15, 0.2) is 5.13 Å². The van der Waals surface area contributed by atoms with Crippen LogP contribution in [0.25, 0.3) is 17.0 Å². The number of hydrogen-bond acceptors (Lipinski definition) is 6. The summed E-state index contributed by atoms with van der Waals surface area (Å²) in [4.78, 5) is 13.7. The highest BCUT2D eigenvalue weighted by atomic mass is 32.1. The lowest BCUT2D eigenvalue weighted by Gasteiger charge is -2.04. The zero-order chi connectivity index (χ0) is 17.4. The fraction of sp³-hybridized carbons (Fsp3) is 0.167. The standard InChI is InChI=1S/C18H17N5OS/c1-11-8-16-20-12(2)17(23(16)10-19-11)15-9-25-18(22-15)21-13-4-6-14(24-3)7-5-13/h4-10H,1-3H3,(H,21,22). The van der Waals surface area contributed by atoms with Gasteiger partial charge in [0.1, 0.15) is 23.4 Å². The van der Waals surface area contributed by atoms with Gasteiger partial charge in [-0.25, -0.2) is 15.0 Å². The summed E-state index contributed by atoms with van der Waals surface area (Å²) in [5, 5.41) is 6.18. The van der Waals surface area contributed by atoms with Crippen LogP contribution in [0.1, 0.15) is 11.4 Å². The molecule has 0 spiro atoms. The van der Waals surface area contributed by atoms with Gasteiger partial charge in [-0.05, 0) is 38.1 Å². The molecule has 0 radical (unpaired) electrons. The Bertz CT molecular complexity index is 1040. The van der Waals surface area contributed by atoms with Crippen molar-refractivity contribution in [3.63, 3.8) is 0 Å². The van der Waals surface area contributed by atoms with E-state index < -0.39 is 0 Å². The number of imidazole rings is 1. The van der Waals surface area contributed by atoms with E-state index in [1.807, 2.05) is 54.0 Å². The third-order valence-corrected chi connectivity index (χ3v) is 4.67. The first-order chi connectivity index (χ1) is 12.1. The molecule has 3 aromatic heterocycles. The average Bonchev–Trinajstić information content (AvgIpc) is 3.18. The van der Waals surface area contributed by atoms with E-state index in [0.717, 1.165) is 45.0 Å². The van der Waals surface area contributed by atoms with Gasteiger partial charge in [-0.3, -0.25) is 4.40 Å². The fourth-order valence-electron chi connectivity index (χ4n) is 2.71. The van der Waals surface area contributed by atoms with E-state index >= 15 is 0 Å². The molecule has 3 heterocycles. The van der Waals surface area contributed by atoms with E-state index in [1.54, 1.807) is 24.8 Å². The zero-order valence-corrected chi connectivity index (χ0v) is 15.0. The Kier molecular flexibility index (Phi) is 3.85. The van der Waals surface area contributed by atoms with Crippen molar-refractivity contribution < 1.29 is 4.74 Å². The number of nitrogens with zero attached hydrogens (tertiary/aromatic N) is 4. The molecule has 0 aliphatic heterocycles. The summed E-state index contributed by atoms with van der Waals surface area (Å²) < 4.78 is 7.16. The first kappa shape index (κ1) is 15.6. The van der Waals surface area contributed by atoms with Gasteiger partial charge in [-0.1, -0.05) is 0 Å². The highest BCUT2D eigenvalue weighted by Crippen LogP contribution is 2.30. The third kappa shape index (κ3) is 2.94. The molecule has 0 saturated carbocycles. The van der Waals surface area contributed by atoms with E-state index in [-0.39, 0.29) is 0 Å². The molecule has 0 aliphatic rings. The Morgan fingerprint density at radius 3 is 2.68 bits per heavy atom. The van der Waals surface area contributed by atoms with E-state index in [2.05, 4.69) is 15.3 Å². The predicted molar refractivity (Wildman–Crippen MR) is 99.8 cm³/mol. The van der Waals surface area contributed by atoms with Crippen molar-refractivity contribution >= 4 is 27.8 Å². The lowest BCUT2D eigenvalue weighted by Crippen LogP contribution is -1.94. The van der Waals surface area contributed by atoms with E-state index in [4.69, 9.17) is 9.72 Å². The number of nitrogens with one attached hydrogen (secondary N) is 1. The van der Waals surface area contributed by atoms with Crippen molar-refractivity contribution in [2.45, 2.75) is 13.8 Å². The minimum absolute atomic E-state index is 0.828. The van der Waals surface area contributed by atoms with Crippen molar-refractivity contribution in [2.24, 2.45) is 0 Å². The Labute approximate surface area is 149 Å². The van der Waals surface area contributed by atoms with Gasteiger partial charge < -0.3 is 10.1 Å². The Hall–Kier alpha value is -2.93. The molecule has 1 N–H and O–H groups in total. The molecule has 0 amide bonds. The van der Waals surface area contributed by atoms with Crippen LogP contribution < -0.4 is 10.1 Å². The molecular weight excluding hydrogens is 334 g/mol. The number of aryl methyl sites for hydroxylation is 2. The van der Waals surface area contributed by atoms with Crippen molar-refractivity contribution in [1.82, 2.24) is 19.4 Å². The molecule has 1 aromatic carbocycles. The number of fused-ring (bicyclic) bond motifs is 1. The van der Waals surface area contributed by atoms with Crippen molar-refractivity contribution in [3.8, 4) is 17.1 Å². The average molecular weight is 351 g/mol. The first-order valence-electron chi connectivity index (χ1n) is 7.82. The maximum absolute atomic E-state index is 5.18. The number of rotatable bonds is 4. The lowest BCUT2D eigenvalue weighted by atomic mass is 10.3. The van der Waals surface area contributed by atoms with Crippen LogP contribution in [0.5, 0.6) is 5.75 Å². The van der Waals surface area contributed by atoms with Crippen LogP contribution in [0.15, 0.2) is 42.0 Å². The number of hydrogen-bond donors (Lipinski definition) is 1. The van der Waals surface area contributed by atoms with Crippen LogP contribution in [0.4, 0.5) is 10.8 Å². The third-order valence-electron chi connectivity index (χ3n) is 3.92. The second-order valence-corrected chi connectivity index (χ2v) is 6.55. The number of thiazole rings is 1. The first-order valence-corrected chi connectivity index (χ1v) is 8.70. The van der Waals surface area contributed by atoms with Crippen LogP contribution in [0.2, 0.25) is 0 Å². The summed E-state index contributed by atoms with van der Waals surface area (Å²) in [6, 6.07) is 9.73. The molecule has 6 nitrogen and oxygen atoms in total. The Morgan fingerprint density at radius 2 is 1.92 bits per heavy atom. The smallest absolute Gasteiger partial charge is 0.187 e. The van der Waals surface area contributed by atoms with E-state index in [1.165, 1.54) is 0 Å². The van der Waals surface area contributed by atoms with Gasteiger partial charge in [-0.15, -0.1) is 11.3 Å². The molecule has 7 heteroatoms. The van der Waals surface area contributed by atoms with Gasteiger partial charge in [0, 0.05) is 22.8 Å². The number of anilines is 2. The van der Waals surface area contributed by atoms with Crippen LogP contribution in [0, 0.1) is 13.8 Å². The molecule has 0 bridgehead atoms. The van der Waals surface area contributed by atoms with E-state index in [0.29, 0.717) is 0 Å². The van der Waals surface area contributed by atoms with Crippen molar-refractivity contribution in [3.05, 3.63) is 53.4 Å². The van der Waals surface area contributed by atoms with Gasteiger partial charge in [-0.2, -0.15) is 0 Å². The molecule has 0 aliphatic carbocycles. The minimum atomic E-state index is 0.828. The summed E-state index contributed by atoms with van der Waals surface area (Å²) in [5.74, 6) is 0.828. The van der Waals surface area contributed by atoms with Gasteiger partial charge in [0.25, 0.3) is 0 Å². The second kappa shape index (κ2) is 6.18. The number of methoxy groups -OCH3 is 1. The molecule has 4 aromatic rings.